The van der Waals surface area contributed by atoms with Crippen LogP contribution >= 0.6 is 11.8 Å². The number of pyridine rings is 1. The average molecular weight is 341 g/mol. The van der Waals surface area contributed by atoms with Crippen molar-refractivity contribution in [2.24, 2.45) is 12.0 Å². The summed E-state index contributed by atoms with van der Waals surface area (Å²) in [5.41, 5.74) is 3.39. The van der Waals surface area contributed by atoms with Gasteiger partial charge in [-0.2, -0.15) is 0 Å². The summed E-state index contributed by atoms with van der Waals surface area (Å²) < 4.78 is 1.66. The smallest absolute Gasteiger partial charge is 0.258 e. The van der Waals surface area contributed by atoms with Gasteiger partial charge in [0.15, 0.2) is 5.50 Å². The quantitative estimate of drug-likeness (QED) is 0.853. The highest BCUT2D eigenvalue weighted by Gasteiger charge is 2.23. The van der Waals surface area contributed by atoms with Crippen LogP contribution in [-0.2, 0) is 7.05 Å². The highest BCUT2D eigenvalue weighted by Crippen LogP contribution is 2.28. The Morgan fingerprint density at radius 2 is 1.92 bits per heavy atom. The zero-order valence-electron chi connectivity index (χ0n) is 14.6. The van der Waals surface area contributed by atoms with Gasteiger partial charge < -0.3 is 9.47 Å². The molecule has 2 aromatic rings. The summed E-state index contributed by atoms with van der Waals surface area (Å²) in [5, 5.41) is 1.72. The molecule has 4 nitrogen and oxygen atoms in total. The average Bonchev–Trinajstić information content (AvgIpc) is 2.59. The molecule has 0 N–H and O–H groups in total. The van der Waals surface area contributed by atoms with E-state index in [-0.39, 0.29) is 11.1 Å². The standard InChI is InChI=1S/C19H23N3OS/c1-5-8-13-11-22(3)19(24-4)20-17(13)16-12-21(2)18(23)15-10-7-6-9-14(15)16/h6-7,9-12,19H,5,8H2,1-4H3. The summed E-state index contributed by atoms with van der Waals surface area (Å²) >= 11 is 1.71. The Morgan fingerprint density at radius 1 is 1.21 bits per heavy atom. The van der Waals surface area contributed by atoms with Crippen molar-refractivity contribution in [3.8, 4) is 0 Å². The Hall–Kier alpha value is -2.01. The number of allylic oxidation sites excluding steroid dienone is 1. The molecule has 5 heteroatoms. The molecule has 1 aliphatic heterocycles. The topological polar surface area (TPSA) is 37.6 Å². The molecule has 1 unspecified atom stereocenters. The number of aliphatic imine (C=N–C) groups is 1. The van der Waals surface area contributed by atoms with Crippen LogP contribution in [0.2, 0.25) is 0 Å². The van der Waals surface area contributed by atoms with Gasteiger partial charge in [-0.05, 0) is 29.7 Å². The second-order valence-corrected chi connectivity index (χ2v) is 7.01. The molecule has 0 spiro atoms. The number of hydrogen-bond donors (Lipinski definition) is 0. The first-order valence-corrected chi connectivity index (χ1v) is 9.48. The minimum atomic E-state index is 0.0327. The van der Waals surface area contributed by atoms with E-state index in [1.54, 1.807) is 16.3 Å². The van der Waals surface area contributed by atoms with Crippen LogP contribution in [0.4, 0.5) is 0 Å². The highest BCUT2D eigenvalue weighted by atomic mass is 32.2. The lowest BCUT2D eigenvalue weighted by molar-refractivity contribution is 0.429. The summed E-state index contributed by atoms with van der Waals surface area (Å²) in [4.78, 5) is 19.6. The zero-order chi connectivity index (χ0) is 17.3. The normalized spacial score (nSPS) is 17.8. The first-order chi connectivity index (χ1) is 11.6. The number of nitrogens with zero attached hydrogens (tertiary/aromatic N) is 3. The lowest BCUT2D eigenvalue weighted by atomic mass is 9.95. The Balaban J connectivity index is 2.26. The molecule has 24 heavy (non-hydrogen) atoms. The van der Waals surface area contributed by atoms with Gasteiger partial charge in [-0.25, -0.2) is 4.99 Å². The van der Waals surface area contributed by atoms with Crippen molar-refractivity contribution in [2.45, 2.75) is 25.3 Å². The van der Waals surface area contributed by atoms with E-state index in [2.05, 4.69) is 31.3 Å². The second kappa shape index (κ2) is 6.85. The van der Waals surface area contributed by atoms with E-state index in [4.69, 9.17) is 4.99 Å². The SMILES string of the molecule is CCCC1=CN(C)C(SC)N=C1c1cn(C)c(=O)c2ccccc12. The third-order valence-corrected chi connectivity index (χ3v) is 5.19. The van der Waals surface area contributed by atoms with Gasteiger partial charge in [0.25, 0.3) is 5.56 Å². The van der Waals surface area contributed by atoms with E-state index < -0.39 is 0 Å². The fourth-order valence-corrected chi connectivity index (χ4v) is 3.78. The Bertz CT molecular complexity index is 882. The number of thioether (sulfide) groups is 1. The van der Waals surface area contributed by atoms with Crippen LogP contribution in [0.5, 0.6) is 0 Å². The van der Waals surface area contributed by atoms with Crippen molar-refractivity contribution in [1.82, 2.24) is 9.47 Å². The largest absolute Gasteiger partial charge is 0.350 e. The van der Waals surface area contributed by atoms with Gasteiger partial charge in [0.2, 0.25) is 0 Å². The molecule has 0 radical (unpaired) electrons. The van der Waals surface area contributed by atoms with Crippen molar-refractivity contribution in [3.05, 3.63) is 58.2 Å². The minimum absolute atomic E-state index is 0.0327. The van der Waals surface area contributed by atoms with Gasteiger partial charge in [-0.1, -0.05) is 31.5 Å². The Kier molecular flexibility index (Phi) is 4.81. The molecule has 126 valence electrons. The molecule has 0 aliphatic carbocycles. The maximum absolute atomic E-state index is 12.4. The van der Waals surface area contributed by atoms with Crippen LogP contribution < -0.4 is 5.56 Å². The zero-order valence-corrected chi connectivity index (χ0v) is 15.4. The van der Waals surface area contributed by atoms with Crippen molar-refractivity contribution < 1.29 is 0 Å². The lowest BCUT2D eigenvalue weighted by Gasteiger charge is -2.29. The third-order valence-electron chi connectivity index (χ3n) is 4.33. The molecule has 0 amide bonds. The highest BCUT2D eigenvalue weighted by molar-refractivity contribution is 7.99. The Morgan fingerprint density at radius 3 is 2.58 bits per heavy atom. The van der Waals surface area contributed by atoms with Crippen LogP contribution in [0.15, 0.2) is 52.0 Å². The number of aromatic nitrogens is 1. The number of hydrogen-bond acceptors (Lipinski definition) is 4. The van der Waals surface area contributed by atoms with Crippen LogP contribution in [0, 0.1) is 0 Å². The van der Waals surface area contributed by atoms with Crippen LogP contribution in [0.25, 0.3) is 10.8 Å². The maximum Gasteiger partial charge on any atom is 0.258 e. The molecule has 0 saturated carbocycles. The molecule has 0 saturated heterocycles. The van der Waals surface area contributed by atoms with Crippen molar-refractivity contribution in [1.29, 1.82) is 0 Å². The monoisotopic (exact) mass is 341 g/mol. The Labute approximate surface area is 146 Å². The first kappa shape index (κ1) is 16.8. The van der Waals surface area contributed by atoms with Gasteiger partial charge in [-0.15, -0.1) is 11.8 Å². The van der Waals surface area contributed by atoms with E-state index in [0.29, 0.717) is 0 Å². The van der Waals surface area contributed by atoms with Crippen molar-refractivity contribution >= 4 is 28.2 Å². The van der Waals surface area contributed by atoms with Gasteiger partial charge in [0, 0.05) is 37.4 Å². The summed E-state index contributed by atoms with van der Waals surface area (Å²) in [5.74, 6) is 0. The molecular weight excluding hydrogens is 318 g/mol. The fraction of sp³-hybridized carbons (Fsp3) is 0.368. The molecule has 0 fully saturated rings. The molecule has 3 rings (SSSR count). The number of benzene rings is 1. The molecule has 0 bridgehead atoms. The first-order valence-electron chi connectivity index (χ1n) is 8.19. The predicted octanol–water partition coefficient (Wildman–Crippen LogP) is 3.60. The van der Waals surface area contributed by atoms with Gasteiger partial charge in [0.1, 0.15) is 0 Å². The van der Waals surface area contributed by atoms with Gasteiger partial charge in [-0.3, -0.25) is 4.79 Å². The van der Waals surface area contributed by atoms with Crippen LogP contribution in [0.3, 0.4) is 0 Å². The summed E-state index contributed by atoms with van der Waals surface area (Å²) in [7, 11) is 3.87. The van der Waals surface area contributed by atoms with Crippen molar-refractivity contribution in [2.75, 3.05) is 13.3 Å². The van der Waals surface area contributed by atoms with E-state index in [1.807, 2.05) is 37.5 Å². The molecule has 2 heterocycles. The summed E-state index contributed by atoms with van der Waals surface area (Å²) in [6, 6.07) is 7.81. The molecule has 1 aromatic heterocycles. The predicted molar refractivity (Wildman–Crippen MR) is 104 cm³/mol. The molecule has 1 atom stereocenters. The lowest BCUT2D eigenvalue weighted by Crippen LogP contribution is -2.30. The fourth-order valence-electron chi connectivity index (χ4n) is 3.17. The van der Waals surface area contributed by atoms with Gasteiger partial charge >= 0.3 is 0 Å². The van der Waals surface area contributed by atoms with Crippen molar-refractivity contribution in [3.63, 3.8) is 0 Å². The number of fused-ring (bicyclic) bond motifs is 1. The molecule has 1 aliphatic rings. The number of rotatable bonds is 4. The maximum atomic E-state index is 12.4. The van der Waals surface area contributed by atoms with E-state index in [1.165, 1.54) is 5.57 Å². The van der Waals surface area contributed by atoms with E-state index >= 15 is 0 Å². The summed E-state index contributed by atoms with van der Waals surface area (Å²) in [6.07, 6.45) is 8.23. The minimum Gasteiger partial charge on any atom is -0.350 e. The molecule has 1 aromatic carbocycles. The molecular formula is C19H23N3OS. The van der Waals surface area contributed by atoms with Crippen LogP contribution in [-0.4, -0.2) is 34.0 Å². The van der Waals surface area contributed by atoms with Crippen LogP contribution in [0.1, 0.15) is 25.3 Å². The number of aryl methyl sites for hydroxylation is 1. The van der Waals surface area contributed by atoms with E-state index in [0.717, 1.165) is 34.9 Å². The van der Waals surface area contributed by atoms with Gasteiger partial charge in [0.05, 0.1) is 5.71 Å². The summed E-state index contributed by atoms with van der Waals surface area (Å²) in [6.45, 7) is 2.18. The van der Waals surface area contributed by atoms with E-state index in [9.17, 15) is 4.79 Å². The third kappa shape index (κ3) is 2.88. The second-order valence-electron chi connectivity index (χ2n) is 6.11.